The molecule has 174 valence electrons. The summed E-state index contributed by atoms with van der Waals surface area (Å²) in [6.45, 7) is 3.75. The largest absolute Gasteiger partial charge is 0.488 e. The topological polar surface area (TPSA) is 94.5 Å². The summed E-state index contributed by atoms with van der Waals surface area (Å²) in [6, 6.07) is 4.55. The molecule has 0 amide bonds. The minimum absolute atomic E-state index is 0.151. The molecule has 2 aliphatic rings. The van der Waals surface area contributed by atoms with Crippen molar-refractivity contribution in [1.29, 1.82) is 0 Å². The molecule has 1 N–H and O–H groups in total. The van der Waals surface area contributed by atoms with E-state index in [2.05, 4.69) is 42.3 Å². The van der Waals surface area contributed by atoms with Gasteiger partial charge >= 0.3 is 0 Å². The fraction of sp³-hybridized carbons (Fsp3) is 0.500. The first-order valence-electron chi connectivity index (χ1n) is 11.6. The maximum atomic E-state index is 6.51. The van der Waals surface area contributed by atoms with E-state index in [1.807, 2.05) is 0 Å². The Morgan fingerprint density at radius 1 is 1.00 bits per heavy atom. The van der Waals surface area contributed by atoms with Gasteiger partial charge in [0.1, 0.15) is 11.3 Å². The molecule has 2 aromatic heterocycles. The van der Waals surface area contributed by atoms with Gasteiger partial charge in [0.05, 0.1) is 31.4 Å². The first-order chi connectivity index (χ1) is 16.3. The van der Waals surface area contributed by atoms with Crippen LogP contribution in [0.25, 0.3) is 11.0 Å². The monoisotopic (exact) mass is 450 g/mol. The van der Waals surface area contributed by atoms with Crippen LogP contribution in [0.4, 0.5) is 11.6 Å². The second-order valence-corrected chi connectivity index (χ2v) is 8.55. The molecular formula is C24H30N6O3. The standard InChI is InChI=1S/C24H30N6O3/c1-31-16-17-14-27-24(28-15-17)29-18-2-4-20(5-3-18)33-22-13-19(30-8-10-32-11-9-30)12-21-23(22)26-7-6-25-21/h6-7,12-15,18,20H,2-5,8-11,16H2,1H3,(H,27,28,29). The number of nitrogens with zero attached hydrogens (tertiary/aromatic N) is 5. The number of aromatic nitrogens is 4. The van der Waals surface area contributed by atoms with Gasteiger partial charge in [0.25, 0.3) is 0 Å². The minimum atomic E-state index is 0.151. The second-order valence-electron chi connectivity index (χ2n) is 8.55. The Morgan fingerprint density at radius 2 is 1.76 bits per heavy atom. The third-order valence-electron chi connectivity index (χ3n) is 6.22. The number of rotatable bonds is 7. The number of nitrogens with one attached hydrogen (secondary N) is 1. The molecule has 0 atom stereocenters. The zero-order valence-corrected chi connectivity index (χ0v) is 18.9. The molecule has 0 unspecified atom stereocenters. The molecule has 0 bridgehead atoms. The number of hydrogen-bond donors (Lipinski definition) is 1. The van der Waals surface area contributed by atoms with E-state index in [1.165, 1.54) is 0 Å². The van der Waals surface area contributed by atoms with Gasteiger partial charge in [-0.2, -0.15) is 0 Å². The molecule has 3 aromatic rings. The van der Waals surface area contributed by atoms with Gasteiger partial charge in [-0.15, -0.1) is 0 Å². The number of hydrogen-bond acceptors (Lipinski definition) is 9. The molecule has 0 spiro atoms. The van der Waals surface area contributed by atoms with Gasteiger partial charge < -0.3 is 24.4 Å². The molecule has 1 saturated carbocycles. The van der Waals surface area contributed by atoms with Crippen molar-refractivity contribution in [3.05, 3.63) is 42.5 Å². The highest BCUT2D eigenvalue weighted by Crippen LogP contribution is 2.33. The van der Waals surface area contributed by atoms with Crippen molar-refractivity contribution < 1.29 is 14.2 Å². The second kappa shape index (κ2) is 10.3. The molecule has 2 fully saturated rings. The van der Waals surface area contributed by atoms with Crippen molar-refractivity contribution >= 4 is 22.7 Å². The first-order valence-corrected chi connectivity index (χ1v) is 11.6. The number of fused-ring (bicyclic) bond motifs is 1. The normalized spacial score (nSPS) is 21.2. The number of anilines is 2. The zero-order valence-electron chi connectivity index (χ0n) is 18.9. The number of benzene rings is 1. The summed E-state index contributed by atoms with van der Waals surface area (Å²) in [5.74, 6) is 1.48. The maximum absolute atomic E-state index is 6.51. The van der Waals surface area contributed by atoms with Crippen molar-refractivity contribution in [1.82, 2.24) is 19.9 Å². The minimum Gasteiger partial charge on any atom is -0.488 e. The van der Waals surface area contributed by atoms with Gasteiger partial charge in [-0.3, -0.25) is 4.98 Å². The van der Waals surface area contributed by atoms with E-state index in [0.29, 0.717) is 18.6 Å². The van der Waals surface area contributed by atoms with Gasteiger partial charge in [0, 0.05) is 68.3 Å². The predicted octanol–water partition coefficient (Wildman–Crippen LogP) is 3.20. The Morgan fingerprint density at radius 3 is 2.52 bits per heavy atom. The summed E-state index contributed by atoms with van der Waals surface area (Å²) in [5, 5.41) is 3.46. The van der Waals surface area contributed by atoms with Crippen molar-refractivity contribution in [2.24, 2.45) is 0 Å². The first kappa shape index (κ1) is 21.8. The fourth-order valence-electron chi connectivity index (χ4n) is 4.48. The SMILES string of the molecule is COCc1cnc(NC2CCC(Oc3cc(N4CCOCC4)cc4nccnc34)CC2)nc1. The zero-order chi connectivity index (χ0) is 22.5. The molecule has 1 aliphatic carbocycles. The van der Waals surface area contributed by atoms with Crippen LogP contribution in [0.1, 0.15) is 31.2 Å². The van der Waals surface area contributed by atoms with Gasteiger partial charge in [-0.05, 0) is 31.7 Å². The van der Waals surface area contributed by atoms with Crippen LogP contribution < -0.4 is 15.0 Å². The highest BCUT2D eigenvalue weighted by atomic mass is 16.5. The van der Waals surface area contributed by atoms with Crippen LogP contribution >= 0.6 is 0 Å². The average Bonchev–Trinajstić information content (AvgIpc) is 2.87. The summed E-state index contributed by atoms with van der Waals surface area (Å²) in [6.07, 6.45) is 11.1. The predicted molar refractivity (Wildman–Crippen MR) is 126 cm³/mol. The van der Waals surface area contributed by atoms with Crippen molar-refractivity contribution in [3.8, 4) is 5.75 Å². The van der Waals surface area contributed by atoms with E-state index in [4.69, 9.17) is 14.2 Å². The van der Waals surface area contributed by atoms with Crippen molar-refractivity contribution in [3.63, 3.8) is 0 Å². The molecule has 5 rings (SSSR count). The highest BCUT2D eigenvalue weighted by Gasteiger charge is 2.24. The van der Waals surface area contributed by atoms with E-state index in [1.54, 1.807) is 31.9 Å². The van der Waals surface area contributed by atoms with Crippen LogP contribution in [-0.4, -0.2) is 65.5 Å². The van der Waals surface area contributed by atoms with E-state index >= 15 is 0 Å². The lowest BCUT2D eigenvalue weighted by atomic mass is 9.93. The van der Waals surface area contributed by atoms with Gasteiger partial charge in [0.2, 0.25) is 5.95 Å². The van der Waals surface area contributed by atoms with Crippen LogP contribution in [0.2, 0.25) is 0 Å². The number of ether oxygens (including phenoxy) is 3. The van der Waals surface area contributed by atoms with Crippen LogP contribution in [-0.2, 0) is 16.1 Å². The Labute approximate surface area is 193 Å². The van der Waals surface area contributed by atoms with Gasteiger partial charge in [-0.1, -0.05) is 0 Å². The Hall–Kier alpha value is -3.04. The summed E-state index contributed by atoms with van der Waals surface area (Å²) in [7, 11) is 1.67. The molecule has 0 radical (unpaired) electrons. The third-order valence-corrected chi connectivity index (χ3v) is 6.22. The Bertz CT molecular complexity index is 1050. The van der Waals surface area contributed by atoms with Crippen LogP contribution in [0.15, 0.2) is 36.9 Å². The molecule has 33 heavy (non-hydrogen) atoms. The summed E-state index contributed by atoms with van der Waals surface area (Å²) >= 11 is 0. The summed E-state index contributed by atoms with van der Waals surface area (Å²) < 4.78 is 17.1. The lowest BCUT2D eigenvalue weighted by molar-refractivity contribution is 0.122. The van der Waals surface area contributed by atoms with Crippen LogP contribution in [0.5, 0.6) is 5.75 Å². The Kier molecular flexibility index (Phi) is 6.78. The van der Waals surface area contributed by atoms with Gasteiger partial charge in [-0.25, -0.2) is 15.0 Å². The fourth-order valence-corrected chi connectivity index (χ4v) is 4.48. The van der Waals surface area contributed by atoms with E-state index in [0.717, 1.165) is 80.0 Å². The smallest absolute Gasteiger partial charge is 0.222 e. The maximum Gasteiger partial charge on any atom is 0.222 e. The number of methoxy groups -OCH3 is 1. The lowest BCUT2D eigenvalue weighted by Crippen LogP contribution is -2.36. The molecule has 9 heteroatoms. The number of morpholine rings is 1. The quantitative estimate of drug-likeness (QED) is 0.582. The molecular weight excluding hydrogens is 420 g/mol. The highest BCUT2D eigenvalue weighted by molar-refractivity contribution is 5.85. The van der Waals surface area contributed by atoms with Crippen molar-refractivity contribution in [2.45, 2.75) is 44.4 Å². The third kappa shape index (κ3) is 5.31. The molecule has 3 heterocycles. The van der Waals surface area contributed by atoms with E-state index in [9.17, 15) is 0 Å². The molecule has 9 nitrogen and oxygen atoms in total. The van der Waals surface area contributed by atoms with Crippen LogP contribution in [0, 0.1) is 0 Å². The Balaban J connectivity index is 1.23. The summed E-state index contributed by atoms with van der Waals surface area (Å²) in [4.78, 5) is 20.2. The summed E-state index contributed by atoms with van der Waals surface area (Å²) in [5.41, 5.74) is 3.76. The van der Waals surface area contributed by atoms with E-state index in [-0.39, 0.29) is 6.10 Å². The average molecular weight is 451 g/mol. The van der Waals surface area contributed by atoms with Crippen molar-refractivity contribution in [2.75, 3.05) is 43.6 Å². The molecule has 1 aliphatic heterocycles. The molecule has 1 aromatic carbocycles. The van der Waals surface area contributed by atoms with Gasteiger partial charge in [0.15, 0.2) is 0 Å². The molecule has 1 saturated heterocycles. The van der Waals surface area contributed by atoms with E-state index < -0.39 is 0 Å². The lowest BCUT2D eigenvalue weighted by Gasteiger charge is -2.31. The van der Waals surface area contributed by atoms with Crippen LogP contribution in [0.3, 0.4) is 0 Å².